The van der Waals surface area contributed by atoms with E-state index in [9.17, 15) is 4.79 Å². The maximum atomic E-state index is 12.0. The highest BCUT2D eigenvalue weighted by Gasteiger charge is 2.29. The number of benzene rings is 1. The molecule has 18 heavy (non-hydrogen) atoms. The summed E-state index contributed by atoms with van der Waals surface area (Å²) in [5, 5.41) is 0.736. The Hall–Kier alpha value is -0.490. The van der Waals surface area contributed by atoms with Gasteiger partial charge in [0.2, 0.25) is 0 Å². The molecule has 0 aliphatic carbocycles. The lowest BCUT2D eigenvalue weighted by molar-refractivity contribution is 0.0241. The van der Waals surface area contributed by atoms with Crippen LogP contribution in [0, 0.1) is 3.57 Å². The summed E-state index contributed by atoms with van der Waals surface area (Å²) in [6.45, 7) is 6.78. The number of amides is 1. The molecule has 0 saturated carbocycles. The third-order valence-corrected chi connectivity index (χ3v) is 4.52. The molecule has 1 aliphatic heterocycles. The lowest BCUT2D eigenvalue weighted by atomic mass is 10.1. The van der Waals surface area contributed by atoms with E-state index in [1.807, 2.05) is 32.9 Å². The van der Waals surface area contributed by atoms with Gasteiger partial charge >= 0.3 is 6.09 Å². The van der Waals surface area contributed by atoms with Gasteiger partial charge in [-0.1, -0.05) is 17.7 Å². The standard InChI is InChI=1S/C13H15ClINO2/c1-13(2,3)18-12(17)16-6-8-4-5-10(14)11(15)9(8)7-16/h4-5H,6-7H2,1-3H3. The molecular weight excluding hydrogens is 365 g/mol. The summed E-state index contributed by atoms with van der Waals surface area (Å²) in [4.78, 5) is 13.7. The van der Waals surface area contributed by atoms with E-state index in [4.69, 9.17) is 16.3 Å². The predicted octanol–water partition coefficient (Wildman–Crippen LogP) is 4.20. The van der Waals surface area contributed by atoms with Crippen LogP contribution in [0.1, 0.15) is 31.9 Å². The molecule has 1 aromatic carbocycles. The van der Waals surface area contributed by atoms with Crippen LogP contribution in [-0.4, -0.2) is 16.6 Å². The van der Waals surface area contributed by atoms with Gasteiger partial charge in [0.1, 0.15) is 5.60 Å². The number of fused-ring (bicyclic) bond motifs is 1. The van der Waals surface area contributed by atoms with Crippen LogP contribution in [0.2, 0.25) is 5.02 Å². The second-order valence-electron chi connectivity index (χ2n) is 5.34. The van der Waals surface area contributed by atoms with E-state index >= 15 is 0 Å². The number of rotatable bonds is 0. The molecule has 0 N–H and O–H groups in total. The maximum absolute atomic E-state index is 12.0. The molecule has 0 unspecified atom stereocenters. The molecule has 1 aromatic rings. The van der Waals surface area contributed by atoms with Crippen molar-refractivity contribution < 1.29 is 9.53 Å². The number of nitrogens with zero attached hydrogens (tertiary/aromatic N) is 1. The summed E-state index contributed by atoms with van der Waals surface area (Å²) in [6.07, 6.45) is -0.273. The first-order chi connectivity index (χ1) is 8.28. The fraction of sp³-hybridized carbons (Fsp3) is 0.462. The van der Waals surface area contributed by atoms with Crippen LogP contribution in [0.5, 0.6) is 0 Å². The van der Waals surface area contributed by atoms with Crippen LogP contribution in [0.4, 0.5) is 4.79 Å². The van der Waals surface area contributed by atoms with E-state index in [-0.39, 0.29) is 6.09 Å². The SMILES string of the molecule is CC(C)(C)OC(=O)N1Cc2ccc(Cl)c(I)c2C1. The van der Waals surface area contributed by atoms with Gasteiger partial charge in [0.15, 0.2) is 0 Å². The Balaban J connectivity index is 2.15. The number of carbonyl (C=O) groups excluding carboxylic acids is 1. The molecule has 2 rings (SSSR count). The van der Waals surface area contributed by atoms with E-state index in [0.29, 0.717) is 13.1 Å². The Bertz CT molecular complexity index is 496. The highest BCUT2D eigenvalue weighted by molar-refractivity contribution is 14.1. The van der Waals surface area contributed by atoms with Crippen molar-refractivity contribution in [2.24, 2.45) is 0 Å². The summed E-state index contributed by atoms with van der Waals surface area (Å²) in [5.41, 5.74) is 1.82. The summed E-state index contributed by atoms with van der Waals surface area (Å²) in [6, 6.07) is 3.85. The van der Waals surface area contributed by atoms with Crippen molar-refractivity contribution in [1.29, 1.82) is 0 Å². The summed E-state index contributed by atoms with van der Waals surface area (Å²) >= 11 is 8.31. The van der Waals surface area contributed by atoms with Crippen molar-refractivity contribution in [3.8, 4) is 0 Å². The Morgan fingerprint density at radius 3 is 2.67 bits per heavy atom. The van der Waals surface area contributed by atoms with Crippen LogP contribution in [-0.2, 0) is 17.8 Å². The zero-order valence-electron chi connectivity index (χ0n) is 10.6. The first-order valence-electron chi connectivity index (χ1n) is 5.71. The first-order valence-corrected chi connectivity index (χ1v) is 7.17. The van der Waals surface area contributed by atoms with Crippen LogP contribution >= 0.6 is 34.2 Å². The zero-order chi connectivity index (χ0) is 13.5. The van der Waals surface area contributed by atoms with E-state index in [0.717, 1.165) is 19.7 Å². The van der Waals surface area contributed by atoms with Crippen molar-refractivity contribution >= 4 is 40.3 Å². The lowest BCUT2D eigenvalue weighted by Gasteiger charge is -2.24. The molecule has 0 spiro atoms. The highest BCUT2D eigenvalue weighted by Crippen LogP contribution is 2.32. The third kappa shape index (κ3) is 2.91. The molecule has 0 fully saturated rings. The average Bonchev–Trinajstić information content (AvgIpc) is 2.66. The summed E-state index contributed by atoms with van der Waals surface area (Å²) < 4.78 is 6.40. The van der Waals surface area contributed by atoms with Gasteiger partial charge in [-0.25, -0.2) is 4.79 Å². The largest absolute Gasteiger partial charge is 0.444 e. The Morgan fingerprint density at radius 2 is 2.06 bits per heavy atom. The van der Waals surface area contributed by atoms with Gasteiger partial charge < -0.3 is 4.74 Å². The van der Waals surface area contributed by atoms with Crippen LogP contribution in [0.15, 0.2) is 12.1 Å². The molecule has 1 heterocycles. The quantitative estimate of drug-likeness (QED) is 0.633. The molecule has 98 valence electrons. The minimum Gasteiger partial charge on any atom is -0.444 e. The zero-order valence-corrected chi connectivity index (χ0v) is 13.5. The van der Waals surface area contributed by atoms with Crippen molar-refractivity contribution in [3.05, 3.63) is 31.9 Å². The average molecular weight is 380 g/mol. The van der Waals surface area contributed by atoms with Gasteiger partial charge in [0.25, 0.3) is 0 Å². The molecule has 0 saturated heterocycles. The topological polar surface area (TPSA) is 29.5 Å². The Labute approximate surface area is 126 Å². The van der Waals surface area contributed by atoms with Crippen molar-refractivity contribution in [3.63, 3.8) is 0 Å². The molecule has 0 aromatic heterocycles. The highest BCUT2D eigenvalue weighted by atomic mass is 127. The molecule has 1 aliphatic rings. The number of carbonyl (C=O) groups is 1. The molecule has 3 nitrogen and oxygen atoms in total. The predicted molar refractivity (Wildman–Crippen MR) is 79.7 cm³/mol. The van der Waals surface area contributed by atoms with Gasteiger partial charge in [0.05, 0.1) is 11.6 Å². The second-order valence-corrected chi connectivity index (χ2v) is 6.82. The van der Waals surface area contributed by atoms with Gasteiger partial charge in [-0.3, -0.25) is 4.90 Å². The van der Waals surface area contributed by atoms with Crippen molar-refractivity contribution in [2.45, 2.75) is 39.5 Å². The van der Waals surface area contributed by atoms with E-state index < -0.39 is 5.60 Å². The minimum absolute atomic E-state index is 0.273. The van der Waals surface area contributed by atoms with Crippen LogP contribution in [0.25, 0.3) is 0 Å². The molecule has 0 bridgehead atoms. The van der Waals surface area contributed by atoms with E-state index in [1.165, 1.54) is 0 Å². The molecule has 5 heteroatoms. The summed E-state index contributed by atoms with van der Waals surface area (Å²) in [5.74, 6) is 0. The fourth-order valence-electron chi connectivity index (χ4n) is 1.86. The first kappa shape index (κ1) is 13.9. The number of ether oxygens (including phenoxy) is 1. The second kappa shape index (κ2) is 4.89. The molecule has 0 radical (unpaired) electrons. The van der Waals surface area contributed by atoms with Crippen molar-refractivity contribution in [2.75, 3.05) is 0 Å². The number of halogens is 2. The maximum Gasteiger partial charge on any atom is 0.410 e. The fourth-order valence-corrected chi connectivity index (χ4v) is 2.73. The van der Waals surface area contributed by atoms with E-state index in [1.54, 1.807) is 4.90 Å². The molecule has 1 amide bonds. The number of hydrogen-bond donors (Lipinski definition) is 0. The molecule has 0 atom stereocenters. The Morgan fingerprint density at radius 1 is 1.39 bits per heavy atom. The van der Waals surface area contributed by atoms with Gasteiger partial charge in [-0.15, -0.1) is 0 Å². The monoisotopic (exact) mass is 379 g/mol. The van der Waals surface area contributed by atoms with Gasteiger partial charge in [-0.05, 0) is 60.6 Å². The van der Waals surface area contributed by atoms with Crippen LogP contribution in [0.3, 0.4) is 0 Å². The summed E-state index contributed by atoms with van der Waals surface area (Å²) in [7, 11) is 0. The van der Waals surface area contributed by atoms with Gasteiger partial charge in [-0.2, -0.15) is 0 Å². The minimum atomic E-state index is -0.462. The molecular formula is C13H15ClINO2. The van der Waals surface area contributed by atoms with E-state index in [2.05, 4.69) is 22.6 Å². The normalized spacial score (nSPS) is 14.6. The third-order valence-electron chi connectivity index (χ3n) is 2.65. The Kier molecular flexibility index (Phi) is 3.78. The van der Waals surface area contributed by atoms with Crippen molar-refractivity contribution in [1.82, 2.24) is 4.90 Å². The smallest absolute Gasteiger partial charge is 0.410 e. The lowest BCUT2D eigenvalue weighted by Crippen LogP contribution is -2.33. The van der Waals surface area contributed by atoms with Gasteiger partial charge in [0, 0.05) is 10.1 Å². The number of hydrogen-bond acceptors (Lipinski definition) is 2. The van der Waals surface area contributed by atoms with Crippen LogP contribution < -0.4 is 0 Å².